The third kappa shape index (κ3) is 3.61. The van der Waals surface area contributed by atoms with E-state index in [1.54, 1.807) is 0 Å². The Morgan fingerprint density at radius 2 is 2.16 bits per heavy atom. The second kappa shape index (κ2) is 6.10. The van der Waals surface area contributed by atoms with Crippen LogP contribution in [0.4, 0.5) is 0 Å². The summed E-state index contributed by atoms with van der Waals surface area (Å²) in [4.78, 5) is 2.36. The van der Waals surface area contributed by atoms with E-state index in [0.717, 1.165) is 31.0 Å². The zero-order valence-corrected chi connectivity index (χ0v) is 12.5. The third-order valence-corrected chi connectivity index (χ3v) is 4.55. The number of hydrogen-bond acceptors (Lipinski definition) is 3. The van der Waals surface area contributed by atoms with E-state index in [9.17, 15) is 5.11 Å². The molecule has 1 aromatic rings. The molecule has 2 rings (SSSR count). The van der Waals surface area contributed by atoms with Crippen molar-refractivity contribution < 1.29 is 9.52 Å². The molecular formula is C16H27NO2. The van der Waals surface area contributed by atoms with Crippen molar-refractivity contribution in [3.8, 4) is 0 Å². The van der Waals surface area contributed by atoms with Gasteiger partial charge in [-0.1, -0.05) is 13.3 Å². The van der Waals surface area contributed by atoms with Crippen molar-refractivity contribution in [3.63, 3.8) is 0 Å². The van der Waals surface area contributed by atoms with Crippen LogP contribution in [0.2, 0.25) is 0 Å². The van der Waals surface area contributed by atoms with Crippen LogP contribution in [0.15, 0.2) is 16.5 Å². The van der Waals surface area contributed by atoms with Crippen LogP contribution in [-0.4, -0.2) is 36.8 Å². The van der Waals surface area contributed by atoms with E-state index in [0.29, 0.717) is 12.5 Å². The molecule has 1 aliphatic rings. The fraction of sp³-hybridized carbons (Fsp3) is 0.750. The minimum atomic E-state index is 0.194. The highest BCUT2D eigenvalue weighted by atomic mass is 16.3. The lowest BCUT2D eigenvalue weighted by atomic mass is 9.69. The molecule has 3 nitrogen and oxygen atoms in total. The van der Waals surface area contributed by atoms with Gasteiger partial charge in [-0.05, 0) is 51.9 Å². The quantitative estimate of drug-likeness (QED) is 0.822. The molecule has 1 heterocycles. The summed E-state index contributed by atoms with van der Waals surface area (Å²) in [5, 5.41) is 9.50. The van der Waals surface area contributed by atoms with E-state index in [1.807, 2.05) is 13.0 Å². The number of aliphatic hydroxyl groups is 1. The fourth-order valence-electron chi connectivity index (χ4n) is 2.97. The van der Waals surface area contributed by atoms with Gasteiger partial charge in [0.1, 0.15) is 11.5 Å². The summed E-state index contributed by atoms with van der Waals surface area (Å²) in [6.07, 6.45) is 4.74. The predicted molar refractivity (Wildman–Crippen MR) is 77.3 cm³/mol. The maximum absolute atomic E-state index is 9.50. The van der Waals surface area contributed by atoms with Crippen LogP contribution < -0.4 is 0 Å². The molecule has 3 heteroatoms. The summed E-state index contributed by atoms with van der Waals surface area (Å²) in [6.45, 7) is 6.63. The maximum Gasteiger partial charge on any atom is 0.107 e. The van der Waals surface area contributed by atoms with E-state index < -0.39 is 0 Å². The highest BCUT2D eigenvalue weighted by Gasteiger charge is 2.37. The average molecular weight is 265 g/mol. The molecule has 0 amide bonds. The summed E-state index contributed by atoms with van der Waals surface area (Å²) >= 11 is 0. The molecule has 0 bridgehead atoms. The minimum Gasteiger partial charge on any atom is -0.466 e. The Labute approximate surface area is 116 Å². The Morgan fingerprint density at radius 3 is 2.63 bits per heavy atom. The highest BCUT2D eigenvalue weighted by molar-refractivity contribution is 5.09. The normalized spacial score (nSPS) is 19.4. The van der Waals surface area contributed by atoms with E-state index in [2.05, 4.69) is 24.9 Å². The van der Waals surface area contributed by atoms with Gasteiger partial charge < -0.3 is 14.4 Å². The zero-order valence-electron chi connectivity index (χ0n) is 12.5. The molecule has 1 aromatic heterocycles. The van der Waals surface area contributed by atoms with Gasteiger partial charge in [-0.25, -0.2) is 0 Å². The minimum absolute atomic E-state index is 0.194. The van der Waals surface area contributed by atoms with Gasteiger partial charge in [0.05, 0.1) is 0 Å². The molecule has 0 radical (unpaired) electrons. The van der Waals surface area contributed by atoms with Crippen LogP contribution in [0, 0.1) is 12.3 Å². The lowest BCUT2D eigenvalue weighted by molar-refractivity contribution is 0.0140. The first-order chi connectivity index (χ1) is 9.04. The fourth-order valence-corrected chi connectivity index (χ4v) is 2.97. The van der Waals surface area contributed by atoms with E-state index in [-0.39, 0.29) is 5.41 Å². The molecule has 1 fully saturated rings. The number of aryl methyl sites for hydroxylation is 1. The standard InChI is InChI=1S/C16H27NO2/c1-13(15-6-5-14(2)19-15)7-10-17(3)11-16(12-18)8-4-9-16/h5-6,13,18H,4,7-12H2,1-3H3. The first-order valence-electron chi connectivity index (χ1n) is 7.40. The molecule has 1 saturated carbocycles. The molecule has 0 saturated heterocycles. The molecule has 1 N–H and O–H groups in total. The van der Waals surface area contributed by atoms with Crippen LogP contribution >= 0.6 is 0 Å². The Balaban J connectivity index is 1.75. The summed E-state index contributed by atoms with van der Waals surface area (Å²) in [5.74, 6) is 2.54. The van der Waals surface area contributed by atoms with Crippen molar-refractivity contribution in [2.75, 3.05) is 26.7 Å². The molecule has 1 atom stereocenters. The molecule has 1 unspecified atom stereocenters. The van der Waals surface area contributed by atoms with Gasteiger partial charge in [0, 0.05) is 24.5 Å². The van der Waals surface area contributed by atoms with Crippen LogP contribution in [0.5, 0.6) is 0 Å². The van der Waals surface area contributed by atoms with Crippen molar-refractivity contribution in [2.45, 2.75) is 45.4 Å². The van der Waals surface area contributed by atoms with E-state index in [1.165, 1.54) is 19.3 Å². The second-order valence-corrected chi connectivity index (χ2v) is 6.39. The molecule has 0 aliphatic heterocycles. The van der Waals surface area contributed by atoms with Crippen molar-refractivity contribution >= 4 is 0 Å². The first kappa shape index (κ1) is 14.6. The van der Waals surface area contributed by atoms with Crippen molar-refractivity contribution in [1.29, 1.82) is 0 Å². The van der Waals surface area contributed by atoms with Crippen LogP contribution in [0.1, 0.15) is 50.0 Å². The Hall–Kier alpha value is -0.800. The molecule has 19 heavy (non-hydrogen) atoms. The first-order valence-corrected chi connectivity index (χ1v) is 7.40. The van der Waals surface area contributed by atoms with Gasteiger partial charge >= 0.3 is 0 Å². The summed E-state index contributed by atoms with van der Waals surface area (Å²) in [5.41, 5.74) is 0.194. The summed E-state index contributed by atoms with van der Waals surface area (Å²) in [6, 6.07) is 4.12. The Bertz CT molecular complexity index is 390. The van der Waals surface area contributed by atoms with E-state index in [4.69, 9.17) is 4.42 Å². The monoisotopic (exact) mass is 265 g/mol. The zero-order chi connectivity index (χ0) is 13.9. The van der Waals surface area contributed by atoms with Crippen molar-refractivity contribution in [1.82, 2.24) is 4.90 Å². The van der Waals surface area contributed by atoms with Gasteiger partial charge in [0.2, 0.25) is 0 Å². The van der Waals surface area contributed by atoms with Crippen molar-refractivity contribution in [2.24, 2.45) is 5.41 Å². The number of aliphatic hydroxyl groups excluding tert-OH is 1. The molecule has 0 aromatic carbocycles. The summed E-state index contributed by atoms with van der Waals surface area (Å²) < 4.78 is 5.67. The largest absolute Gasteiger partial charge is 0.466 e. The molecule has 1 aliphatic carbocycles. The smallest absolute Gasteiger partial charge is 0.107 e. The average Bonchev–Trinajstić information content (AvgIpc) is 2.77. The SMILES string of the molecule is Cc1ccc(C(C)CCN(C)CC2(CO)CCC2)o1. The van der Waals surface area contributed by atoms with E-state index >= 15 is 0 Å². The van der Waals surface area contributed by atoms with Gasteiger partial charge in [0.25, 0.3) is 0 Å². The molecule has 0 spiro atoms. The number of rotatable bonds is 7. The number of nitrogens with zero attached hydrogens (tertiary/aromatic N) is 1. The second-order valence-electron chi connectivity index (χ2n) is 6.39. The Kier molecular flexibility index (Phi) is 4.69. The predicted octanol–water partition coefficient (Wildman–Crippen LogP) is 3.18. The highest BCUT2D eigenvalue weighted by Crippen LogP contribution is 2.40. The maximum atomic E-state index is 9.50. The van der Waals surface area contributed by atoms with Crippen LogP contribution in [0.3, 0.4) is 0 Å². The number of hydrogen-bond donors (Lipinski definition) is 1. The van der Waals surface area contributed by atoms with Gasteiger partial charge in [-0.2, -0.15) is 0 Å². The van der Waals surface area contributed by atoms with Gasteiger partial charge in [-0.3, -0.25) is 0 Å². The lowest BCUT2D eigenvalue weighted by Gasteiger charge is -2.43. The topological polar surface area (TPSA) is 36.6 Å². The molecular weight excluding hydrogens is 238 g/mol. The Morgan fingerprint density at radius 1 is 1.42 bits per heavy atom. The van der Waals surface area contributed by atoms with Crippen LogP contribution in [0.25, 0.3) is 0 Å². The molecule has 108 valence electrons. The third-order valence-electron chi connectivity index (χ3n) is 4.55. The summed E-state index contributed by atoms with van der Waals surface area (Å²) in [7, 11) is 2.16. The van der Waals surface area contributed by atoms with Gasteiger partial charge in [-0.15, -0.1) is 0 Å². The lowest BCUT2D eigenvalue weighted by Crippen LogP contribution is -2.43. The van der Waals surface area contributed by atoms with Crippen molar-refractivity contribution in [3.05, 3.63) is 23.7 Å². The number of furan rings is 1. The van der Waals surface area contributed by atoms with Crippen LogP contribution in [-0.2, 0) is 0 Å². The van der Waals surface area contributed by atoms with Gasteiger partial charge in [0.15, 0.2) is 0 Å².